The topological polar surface area (TPSA) is 42.7 Å². The van der Waals surface area contributed by atoms with Gasteiger partial charge in [0.25, 0.3) is 0 Å². The van der Waals surface area contributed by atoms with E-state index in [0.29, 0.717) is 0 Å². The summed E-state index contributed by atoms with van der Waals surface area (Å²) in [5.41, 5.74) is 1.14. The van der Waals surface area contributed by atoms with Crippen LogP contribution in [0.2, 0.25) is 0 Å². The SMILES string of the molecule is CNCc1cccnc1-n1cc(I)cn1. The van der Waals surface area contributed by atoms with E-state index in [0.717, 1.165) is 21.5 Å². The third-order valence-electron chi connectivity index (χ3n) is 2.00. The Labute approximate surface area is 102 Å². The van der Waals surface area contributed by atoms with E-state index in [4.69, 9.17) is 0 Å². The molecule has 0 saturated carbocycles. The Morgan fingerprint density at radius 2 is 2.40 bits per heavy atom. The summed E-state index contributed by atoms with van der Waals surface area (Å²) in [6.45, 7) is 0.791. The third kappa shape index (κ3) is 2.35. The molecule has 0 aliphatic heterocycles. The number of nitrogens with zero attached hydrogens (tertiary/aromatic N) is 3. The van der Waals surface area contributed by atoms with Crippen molar-refractivity contribution in [2.75, 3.05) is 7.05 Å². The number of halogens is 1. The third-order valence-corrected chi connectivity index (χ3v) is 2.56. The van der Waals surface area contributed by atoms with Gasteiger partial charge in [-0.1, -0.05) is 6.07 Å². The van der Waals surface area contributed by atoms with E-state index in [1.807, 2.05) is 31.6 Å². The van der Waals surface area contributed by atoms with Crippen molar-refractivity contribution in [3.05, 3.63) is 39.9 Å². The Kier molecular flexibility index (Phi) is 3.32. The summed E-state index contributed by atoms with van der Waals surface area (Å²) in [5.74, 6) is 0.884. The van der Waals surface area contributed by atoms with Crippen LogP contribution in [-0.2, 0) is 6.54 Å². The van der Waals surface area contributed by atoms with Crippen molar-refractivity contribution in [1.82, 2.24) is 20.1 Å². The first-order chi connectivity index (χ1) is 7.31. The van der Waals surface area contributed by atoms with E-state index < -0.39 is 0 Å². The molecule has 2 rings (SSSR count). The van der Waals surface area contributed by atoms with Crippen molar-refractivity contribution in [2.24, 2.45) is 0 Å². The fourth-order valence-electron chi connectivity index (χ4n) is 1.38. The van der Waals surface area contributed by atoms with Gasteiger partial charge in [0.15, 0.2) is 5.82 Å². The van der Waals surface area contributed by atoms with Crippen LogP contribution in [-0.4, -0.2) is 21.8 Å². The summed E-state index contributed by atoms with van der Waals surface area (Å²) >= 11 is 2.23. The van der Waals surface area contributed by atoms with Crippen LogP contribution in [0, 0.1) is 3.57 Å². The van der Waals surface area contributed by atoms with Crippen molar-refractivity contribution in [1.29, 1.82) is 0 Å². The Morgan fingerprint density at radius 1 is 1.53 bits per heavy atom. The molecule has 0 aromatic carbocycles. The largest absolute Gasteiger partial charge is 0.316 e. The number of hydrogen-bond donors (Lipinski definition) is 1. The maximum atomic E-state index is 4.34. The fourth-order valence-corrected chi connectivity index (χ4v) is 1.77. The lowest BCUT2D eigenvalue weighted by molar-refractivity contribution is 0.771. The molecule has 0 amide bonds. The molecule has 1 N–H and O–H groups in total. The van der Waals surface area contributed by atoms with Gasteiger partial charge in [-0.3, -0.25) is 0 Å². The van der Waals surface area contributed by atoms with Gasteiger partial charge in [0.1, 0.15) is 0 Å². The van der Waals surface area contributed by atoms with Crippen LogP contribution < -0.4 is 5.32 Å². The molecule has 2 aromatic rings. The molecule has 15 heavy (non-hydrogen) atoms. The zero-order chi connectivity index (χ0) is 10.7. The molecule has 0 spiro atoms. The predicted molar refractivity (Wildman–Crippen MR) is 66.8 cm³/mol. The Bertz CT molecular complexity index is 452. The van der Waals surface area contributed by atoms with Gasteiger partial charge in [-0.05, 0) is 35.7 Å². The predicted octanol–water partition coefficient (Wildman–Crippen LogP) is 1.59. The fraction of sp³-hybridized carbons (Fsp3) is 0.200. The molecule has 4 nitrogen and oxygen atoms in total. The van der Waals surface area contributed by atoms with Gasteiger partial charge in [-0.15, -0.1) is 0 Å². The number of aromatic nitrogens is 3. The van der Waals surface area contributed by atoms with Gasteiger partial charge in [0.05, 0.1) is 9.77 Å². The number of rotatable bonds is 3. The number of hydrogen-bond acceptors (Lipinski definition) is 3. The minimum Gasteiger partial charge on any atom is -0.316 e. The summed E-state index contributed by atoms with van der Waals surface area (Å²) in [6.07, 6.45) is 5.56. The molecule has 2 aromatic heterocycles. The first-order valence-corrected chi connectivity index (χ1v) is 5.68. The van der Waals surface area contributed by atoms with Crippen molar-refractivity contribution < 1.29 is 0 Å². The van der Waals surface area contributed by atoms with Crippen LogP contribution in [0.15, 0.2) is 30.7 Å². The maximum Gasteiger partial charge on any atom is 0.157 e. The molecule has 0 aliphatic rings. The molecule has 5 heteroatoms. The summed E-state index contributed by atoms with van der Waals surface area (Å²) in [5, 5.41) is 7.37. The molecule has 0 fully saturated rings. The molecule has 78 valence electrons. The summed E-state index contributed by atoms with van der Waals surface area (Å²) in [7, 11) is 1.92. The Morgan fingerprint density at radius 3 is 3.07 bits per heavy atom. The highest BCUT2D eigenvalue weighted by molar-refractivity contribution is 14.1. The summed E-state index contributed by atoms with van der Waals surface area (Å²) < 4.78 is 2.91. The van der Waals surface area contributed by atoms with Crippen molar-refractivity contribution in [3.8, 4) is 5.82 Å². The van der Waals surface area contributed by atoms with Gasteiger partial charge < -0.3 is 5.32 Å². The molecule has 2 heterocycles. The lowest BCUT2D eigenvalue weighted by Crippen LogP contribution is -2.10. The summed E-state index contributed by atoms with van der Waals surface area (Å²) in [4.78, 5) is 4.34. The Hall–Kier alpha value is -0.950. The van der Waals surface area contributed by atoms with Gasteiger partial charge in [0.2, 0.25) is 0 Å². The zero-order valence-electron chi connectivity index (χ0n) is 8.31. The van der Waals surface area contributed by atoms with E-state index in [1.165, 1.54) is 0 Å². The molecule has 0 saturated heterocycles. The normalized spacial score (nSPS) is 10.5. The van der Waals surface area contributed by atoms with Crippen LogP contribution in [0.3, 0.4) is 0 Å². The van der Waals surface area contributed by atoms with Crippen LogP contribution in [0.5, 0.6) is 0 Å². The first-order valence-electron chi connectivity index (χ1n) is 4.60. The summed E-state index contributed by atoms with van der Waals surface area (Å²) in [6, 6.07) is 3.98. The highest BCUT2D eigenvalue weighted by atomic mass is 127. The highest BCUT2D eigenvalue weighted by Gasteiger charge is 2.05. The van der Waals surface area contributed by atoms with E-state index >= 15 is 0 Å². The van der Waals surface area contributed by atoms with Crippen molar-refractivity contribution in [2.45, 2.75) is 6.54 Å². The molecule has 0 atom stereocenters. The van der Waals surface area contributed by atoms with Gasteiger partial charge in [0, 0.05) is 24.5 Å². The smallest absolute Gasteiger partial charge is 0.157 e. The number of pyridine rings is 1. The van der Waals surface area contributed by atoms with Gasteiger partial charge in [-0.2, -0.15) is 5.10 Å². The van der Waals surface area contributed by atoms with E-state index in [9.17, 15) is 0 Å². The van der Waals surface area contributed by atoms with Crippen LogP contribution >= 0.6 is 22.6 Å². The van der Waals surface area contributed by atoms with Crippen LogP contribution in [0.25, 0.3) is 5.82 Å². The average molecular weight is 314 g/mol. The second-order valence-corrected chi connectivity index (χ2v) is 4.37. The lowest BCUT2D eigenvalue weighted by atomic mass is 10.2. The lowest BCUT2D eigenvalue weighted by Gasteiger charge is -2.06. The molecular weight excluding hydrogens is 303 g/mol. The second kappa shape index (κ2) is 4.71. The minimum absolute atomic E-state index is 0.791. The van der Waals surface area contributed by atoms with Gasteiger partial charge in [-0.25, -0.2) is 9.67 Å². The molecular formula is C10H11IN4. The first kappa shape index (κ1) is 10.6. The average Bonchev–Trinajstić information content (AvgIpc) is 2.66. The standard InChI is InChI=1S/C10H11IN4/c1-12-5-8-3-2-4-13-10(8)15-7-9(11)6-14-15/h2-4,6-7,12H,5H2,1H3. The number of nitrogens with one attached hydrogen (secondary N) is 1. The van der Waals surface area contributed by atoms with Crippen molar-refractivity contribution >= 4 is 22.6 Å². The van der Waals surface area contributed by atoms with E-state index in [2.05, 4.69) is 38.0 Å². The van der Waals surface area contributed by atoms with E-state index in [-0.39, 0.29) is 0 Å². The maximum absolute atomic E-state index is 4.34. The Balaban J connectivity index is 2.42. The van der Waals surface area contributed by atoms with Crippen LogP contribution in [0.4, 0.5) is 0 Å². The zero-order valence-corrected chi connectivity index (χ0v) is 10.5. The monoisotopic (exact) mass is 314 g/mol. The quantitative estimate of drug-likeness (QED) is 0.875. The highest BCUT2D eigenvalue weighted by Crippen LogP contribution is 2.12. The molecule has 0 unspecified atom stereocenters. The molecule has 0 aliphatic carbocycles. The van der Waals surface area contributed by atoms with Crippen LogP contribution in [0.1, 0.15) is 5.56 Å². The second-order valence-electron chi connectivity index (χ2n) is 3.12. The molecule has 0 bridgehead atoms. The minimum atomic E-state index is 0.791. The van der Waals surface area contributed by atoms with E-state index in [1.54, 1.807) is 10.9 Å². The molecule has 0 radical (unpaired) electrons. The van der Waals surface area contributed by atoms with Crippen molar-refractivity contribution in [3.63, 3.8) is 0 Å². The van der Waals surface area contributed by atoms with Gasteiger partial charge >= 0.3 is 0 Å².